The third-order valence-electron chi connectivity index (χ3n) is 14.9. The topological polar surface area (TPSA) is 78.9 Å². The van der Waals surface area contributed by atoms with Gasteiger partial charge in [-0.2, -0.15) is 0 Å². The smallest absolute Gasteiger partial charge is 0.306 e. The van der Waals surface area contributed by atoms with Crippen LogP contribution in [-0.4, -0.2) is 37.2 Å². The summed E-state index contributed by atoms with van der Waals surface area (Å²) in [5.41, 5.74) is 0. The Hall–Kier alpha value is -3.15. The zero-order valence-corrected chi connectivity index (χ0v) is 51.9. The first kappa shape index (κ1) is 74.8. The van der Waals surface area contributed by atoms with Gasteiger partial charge in [0.1, 0.15) is 13.2 Å². The minimum Gasteiger partial charge on any atom is -0.462 e. The molecule has 0 fully saturated rings. The Bertz CT molecular complexity index is 1440. The van der Waals surface area contributed by atoms with E-state index < -0.39 is 6.10 Å². The molecule has 0 bridgehead atoms. The average Bonchev–Trinajstić information content (AvgIpc) is 3.44. The van der Waals surface area contributed by atoms with Gasteiger partial charge in [0.05, 0.1) is 0 Å². The SMILES string of the molecule is CC/C=C\C/C=C\C/C=C\C/C=C\CCCCCCC(=O)OCC(COC(=O)CCCCCCCCCCCCCCCCCCCCCCCCCC)OC(=O)CCCCCCCCCCC/C=C\C/C=C\CCCCC. The Morgan fingerprint density at radius 2 is 0.500 bits per heavy atom. The van der Waals surface area contributed by atoms with Crippen LogP contribution in [0.25, 0.3) is 0 Å². The van der Waals surface area contributed by atoms with E-state index in [1.807, 2.05) is 0 Å². The van der Waals surface area contributed by atoms with Gasteiger partial charge in [0.15, 0.2) is 6.10 Å². The molecule has 0 saturated heterocycles. The third kappa shape index (κ3) is 63.7. The second-order valence-corrected chi connectivity index (χ2v) is 22.7. The summed E-state index contributed by atoms with van der Waals surface area (Å²) in [6.45, 7) is 6.53. The van der Waals surface area contributed by atoms with Crippen molar-refractivity contribution < 1.29 is 28.6 Å². The summed E-state index contributed by atoms with van der Waals surface area (Å²) >= 11 is 0. The molecular formula is C72H128O6. The molecule has 0 rings (SSSR count). The highest BCUT2D eigenvalue weighted by molar-refractivity contribution is 5.71. The number of esters is 3. The maximum Gasteiger partial charge on any atom is 0.306 e. The van der Waals surface area contributed by atoms with Crippen LogP contribution in [0, 0.1) is 0 Å². The van der Waals surface area contributed by atoms with Crippen molar-refractivity contribution in [2.45, 2.75) is 354 Å². The molecule has 452 valence electrons. The molecule has 0 aromatic heterocycles. The summed E-state index contributed by atoms with van der Waals surface area (Å²) in [6.07, 6.45) is 86.3. The molecule has 0 aromatic carbocycles. The van der Waals surface area contributed by atoms with Crippen LogP contribution in [0.2, 0.25) is 0 Å². The van der Waals surface area contributed by atoms with E-state index in [0.717, 1.165) is 103 Å². The predicted molar refractivity (Wildman–Crippen MR) is 339 cm³/mol. The van der Waals surface area contributed by atoms with Crippen molar-refractivity contribution in [1.82, 2.24) is 0 Å². The number of allylic oxidation sites excluding steroid dienone is 12. The van der Waals surface area contributed by atoms with Crippen molar-refractivity contribution in [2.75, 3.05) is 13.2 Å². The van der Waals surface area contributed by atoms with Gasteiger partial charge in [-0.1, -0.05) is 312 Å². The quantitative estimate of drug-likeness (QED) is 0.0261. The molecular weight excluding hydrogens is 961 g/mol. The zero-order valence-electron chi connectivity index (χ0n) is 51.9. The molecule has 0 aliphatic heterocycles. The molecule has 6 heteroatoms. The number of hydrogen-bond acceptors (Lipinski definition) is 6. The predicted octanol–water partition coefficient (Wildman–Crippen LogP) is 23.3. The molecule has 0 saturated carbocycles. The molecule has 0 heterocycles. The van der Waals surface area contributed by atoms with Crippen LogP contribution >= 0.6 is 0 Å². The molecule has 1 unspecified atom stereocenters. The van der Waals surface area contributed by atoms with E-state index in [2.05, 4.69) is 93.7 Å². The van der Waals surface area contributed by atoms with Crippen LogP contribution in [0.5, 0.6) is 0 Å². The van der Waals surface area contributed by atoms with Gasteiger partial charge in [-0.05, 0) is 89.9 Å². The fourth-order valence-electron chi connectivity index (χ4n) is 9.88. The van der Waals surface area contributed by atoms with E-state index in [1.54, 1.807) is 0 Å². The fraction of sp³-hybridized carbons (Fsp3) is 0.792. The number of hydrogen-bond donors (Lipinski definition) is 0. The number of ether oxygens (including phenoxy) is 3. The largest absolute Gasteiger partial charge is 0.462 e. The van der Waals surface area contributed by atoms with Crippen LogP contribution in [0.4, 0.5) is 0 Å². The minimum atomic E-state index is -0.789. The fourth-order valence-corrected chi connectivity index (χ4v) is 9.88. The molecule has 0 radical (unpaired) electrons. The standard InChI is InChI=1S/C72H128O6/c1-4-7-10-13-16-19-22-25-28-31-33-34-35-36-37-39-41-44-47-50-53-56-59-62-65-71(74)77-68-69(67-76-70(73)64-61-58-55-52-49-46-43-40-30-27-24-21-18-15-12-9-6-3)78-72(75)66-63-60-57-54-51-48-45-42-38-32-29-26-23-20-17-14-11-8-5-2/h9,12,17-18,20-21,26-27,29-30,43,46,69H,4-8,10-11,13-16,19,22-25,28,31-42,44-45,47-68H2,1-3H3/b12-9-,20-17-,21-18-,29-26-,30-27-,46-43-. The monoisotopic (exact) mass is 1090 g/mol. The first-order valence-corrected chi connectivity index (χ1v) is 33.9. The maximum atomic E-state index is 12.9. The summed E-state index contributed by atoms with van der Waals surface area (Å²) in [5, 5.41) is 0. The second-order valence-electron chi connectivity index (χ2n) is 22.7. The van der Waals surface area contributed by atoms with Gasteiger partial charge in [0, 0.05) is 19.3 Å². The summed E-state index contributed by atoms with van der Waals surface area (Å²) in [5.74, 6) is -0.892. The van der Waals surface area contributed by atoms with Gasteiger partial charge >= 0.3 is 17.9 Å². The molecule has 0 aliphatic carbocycles. The molecule has 78 heavy (non-hydrogen) atoms. The molecule has 0 spiro atoms. The van der Waals surface area contributed by atoms with Crippen LogP contribution in [0.15, 0.2) is 72.9 Å². The summed E-state index contributed by atoms with van der Waals surface area (Å²) in [4.78, 5) is 38.4. The number of carbonyl (C=O) groups is 3. The molecule has 0 aromatic rings. The van der Waals surface area contributed by atoms with Crippen LogP contribution in [-0.2, 0) is 28.6 Å². The maximum absolute atomic E-state index is 12.9. The molecule has 1 atom stereocenters. The van der Waals surface area contributed by atoms with E-state index in [0.29, 0.717) is 19.3 Å². The lowest BCUT2D eigenvalue weighted by molar-refractivity contribution is -0.167. The van der Waals surface area contributed by atoms with Crippen molar-refractivity contribution in [3.05, 3.63) is 72.9 Å². The molecule has 0 amide bonds. The lowest BCUT2D eigenvalue weighted by Crippen LogP contribution is -2.30. The van der Waals surface area contributed by atoms with Crippen molar-refractivity contribution in [1.29, 1.82) is 0 Å². The molecule has 0 aliphatic rings. The number of unbranched alkanes of at least 4 members (excludes halogenated alkanes) is 39. The van der Waals surface area contributed by atoms with Gasteiger partial charge in [-0.3, -0.25) is 14.4 Å². The number of carbonyl (C=O) groups excluding carboxylic acids is 3. The lowest BCUT2D eigenvalue weighted by atomic mass is 10.0. The van der Waals surface area contributed by atoms with Crippen molar-refractivity contribution in [3.63, 3.8) is 0 Å². The molecule has 6 nitrogen and oxygen atoms in total. The third-order valence-corrected chi connectivity index (χ3v) is 14.9. The van der Waals surface area contributed by atoms with Crippen molar-refractivity contribution in [3.8, 4) is 0 Å². The normalized spacial score (nSPS) is 12.5. The zero-order chi connectivity index (χ0) is 56.4. The highest BCUT2D eigenvalue weighted by atomic mass is 16.6. The van der Waals surface area contributed by atoms with E-state index in [9.17, 15) is 14.4 Å². The van der Waals surface area contributed by atoms with Gasteiger partial charge in [-0.25, -0.2) is 0 Å². The van der Waals surface area contributed by atoms with Gasteiger partial charge < -0.3 is 14.2 Å². The van der Waals surface area contributed by atoms with Crippen LogP contribution in [0.3, 0.4) is 0 Å². The first-order valence-electron chi connectivity index (χ1n) is 33.9. The summed E-state index contributed by atoms with van der Waals surface area (Å²) < 4.78 is 17.0. The van der Waals surface area contributed by atoms with E-state index in [1.165, 1.54) is 205 Å². The van der Waals surface area contributed by atoms with Crippen LogP contribution in [0.1, 0.15) is 348 Å². The average molecular weight is 1090 g/mol. The highest BCUT2D eigenvalue weighted by Crippen LogP contribution is 2.18. The Kier molecular flexibility index (Phi) is 63.7. The number of rotatable bonds is 62. The Balaban J connectivity index is 4.34. The van der Waals surface area contributed by atoms with Gasteiger partial charge in [0.2, 0.25) is 0 Å². The summed E-state index contributed by atoms with van der Waals surface area (Å²) in [7, 11) is 0. The van der Waals surface area contributed by atoms with Gasteiger partial charge in [0.25, 0.3) is 0 Å². The second kappa shape index (κ2) is 66.4. The summed E-state index contributed by atoms with van der Waals surface area (Å²) in [6, 6.07) is 0. The van der Waals surface area contributed by atoms with Crippen LogP contribution < -0.4 is 0 Å². The first-order chi connectivity index (χ1) is 38.5. The Labute approximate surface area is 484 Å². The highest BCUT2D eigenvalue weighted by Gasteiger charge is 2.19. The van der Waals surface area contributed by atoms with Crippen molar-refractivity contribution >= 4 is 17.9 Å². The molecule has 0 N–H and O–H groups in total. The van der Waals surface area contributed by atoms with Gasteiger partial charge in [-0.15, -0.1) is 0 Å². The van der Waals surface area contributed by atoms with E-state index >= 15 is 0 Å². The Morgan fingerprint density at radius 3 is 0.808 bits per heavy atom. The van der Waals surface area contributed by atoms with E-state index in [-0.39, 0.29) is 31.1 Å². The lowest BCUT2D eigenvalue weighted by Gasteiger charge is -2.18. The van der Waals surface area contributed by atoms with Crippen molar-refractivity contribution in [2.24, 2.45) is 0 Å². The van der Waals surface area contributed by atoms with E-state index in [4.69, 9.17) is 14.2 Å². The Morgan fingerprint density at radius 1 is 0.269 bits per heavy atom. The minimum absolute atomic E-state index is 0.0820.